The number of aromatic nitrogens is 1. The Bertz CT molecular complexity index is 1150. The number of halogens is 1. The first-order chi connectivity index (χ1) is 15.0. The fourth-order valence-electron chi connectivity index (χ4n) is 2.67. The third kappa shape index (κ3) is 6.11. The summed E-state index contributed by atoms with van der Waals surface area (Å²) in [6.45, 7) is 4.35. The number of aryl methyl sites for hydroxylation is 2. The summed E-state index contributed by atoms with van der Waals surface area (Å²) in [5, 5.41) is 15.9. The van der Waals surface area contributed by atoms with Crippen molar-refractivity contribution in [1.82, 2.24) is 5.16 Å². The zero-order valence-corrected chi connectivity index (χ0v) is 17.8. The summed E-state index contributed by atoms with van der Waals surface area (Å²) >= 11 is 6.29. The molecule has 1 N–H and O–H groups in total. The highest BCUT2D eigenvalue weighted by molar-refractivity contribution is 6.32. The molecule has 0 fully saturated rings. The third-order valence-corrected chi connectivity index (χ3v) is 4.49. The van der Waals surface area contributed by atoms with Gasteiger partial charge in [-0.2, -0.15) is 5.26 Å². The Morgan fingerprint density at radius 1 is 1.16 bits per heavy atom. The second-order valence-electron chi connectivity index (χ2n) is 6.60. The first-order valence-electron chi connectivity index (χ1n) is 9.43. The monoisotopic (exact) mass is 437 g/mol. The van der Waals surface area contributed by atoms with Crippen LogP contribution in [-0.4, -0.2) is 24.3 Å². The van der Waals surface area contributed by atoms with Gasteiger partial charge in [0.15, 0.2) is 5.82 Å². The minimum absolute atomic E-state index is 0.1000. The average molecular weight is 438 g/mol. The standard InChI is InChI=1S/C23H20ClN3O4/c1-15-5-3-4-6-20(15)29-9-10-30-21-8-7-17(13-19(21)24)12-18(14-25)23(28)26-22-11-16(2)31-27-22/h3-8,11-13H,9-10H2,1-2H3,(H,26,27,28). The molecule has 0 aliphatic rings. The van der Waals surface area contributed by atoms with Gasteiger partial charge in [-0.05, 0) is 49.2 Å². The smallest absolute Gasteiger partial charge is 0.267 e. The first-order valence-corrected chi connectivity index (χ1v) is 9.81. The predicted molar refractivity (Wildman–Crippen MR) is 117 cm³/mol. The molecule has 8 heteroatoms. The van der Waals surface area contributed by atoms with Gasteiger partial charge in [-0.25, -0.2) is 0 Å². The van der Waals surface area contributed by atoms with E-state index in [4.69, 9.17) is 25.6 Å². The van der Waals surface area contributed by atoms with Crippen molar-refractivity contribution < 1.29 is 18.8 Å². The fraction of sp³-hybridized carbons (Fsp3) is 0.174. The highest BCUT2D eigenvalue weighted by Gasteiger charge is 2.12. The molecule has 0 aliphatic heterocycles. The Hall–Kier alpha value is -3.76. The molecule has 0 bridgehead atoms. The summed E-state index contributed by atoms with van der Waals surface area (Å²) in [5.74, 6) is 1.47. The molecule has 1 heterocycles. The molecule has 0 unspecified atom stereocenters. The SMILES string of the molecule is Cc1cc(NC(=O)C(C#N)=Cc2ccc(OCCOc3ccccc3C)c(Cl)c2)no1. The van der Waals surface area contributed by atoms with Gasteiger partial charge in [0.05, 0.1) is 5.02 Å². The quantitative estimate of drug-likeness (QED) is 0.304. The van der Waals surface area contributed by atoms with Crippen molar-refractivity contribution in [3.8, 4) is 17.6 Å². The van der Waals surface area contributed by atoms with Crippen molar-refractivity contribution >= 4 is 29.4 Å². The molecular formula is C23H20ClN3O4. The highest BCUT2D eigenvalue weighted by atomic mass is 35.5. The lowest BCUT2D eigenvalue weighted by molar-refractivity contribution is -0.112. The Kier molecular flexibility index (Phi) is 7.31. The number of rotatable bonds is 8. The summed E-state index contributed by atoms with van der Waals surface area (Å²) in [6, 6.07) is 16.2. The van der Waals surface area contributed by atoms with E-state index in [1.165, 1.54) is 6.08 Å². The van der Waals surface area contributed by atoms with Crippen molar-refractivity contribution in [2.45, 2.75) is 13.8 Å². The van der Waals surface area contributed by atoms with Crippen LogP contribution in [0.2, 0.25) is 5.02 Å². The summed E-state index contributed by atoms with van der Waals surface area (Å²) in [7, 11) is 0. The van der Waals surface area contributed by atoms with Crippen LogP contribution < -0.4 is 14.8 Å². The largest absolute Gasteiger partial charge is 0.490 e. The van der Waals surface area contributed by atoms with E-state index >= 15 is 0 Å². The van der Waals surface area contributed by atoms with Gasteiger partial charge in [-0.15, -0.1) is 0 Å². The number of nitrogens with zero attached hydrogens (tertiary/aromatic N) is 2. The summed E-state index contributed by atoms with van der Waals surface area (Å²) in [6.07, 6.45) is 1.43. The van der Waals surface area contributed by atoms with E-state index in [0.29, 0.717) is 35.3 Å². The van der Waals surface area contributed by atoms with Crippen LogP contribution in [-0.2, 0) is 4.79 Å². The van der Waals surface area contributed by atoms with Crippen LogP contribution in [0, 0.1) is 25.2 Å². The minimum atomic E-state index is -0.597. The van der Waals surface area contributed by atoms with E-state index in [1.807, 2.05) is 37.3 Å². The summed E-state index contributed by atoms with van der Waals surface area (Å²) in [5.41, 5.74) is 1.53. The molecule has 3 rings (SSSR count). The first kappa shape index (κ1) is 21.9. The molecular weight excluding hydrogens is 418 g/mol. The van der Waals surface area contributed by atoms with E-state index < -0.39 is 5.91 Å². The van der Waals surface area contributed by atoms with Gasteiger partial charge >= 0.3 is 0 Å². The fourth-order valence-corrected chi connectivity index (χ4v) is 2.91. The molecule has 0 atom stereocenters. The van der Waals surface area contributed by atoms with E-state index in [-0.39, 0.29) is 11.4 Å². The Morgan fingerprint density at radius 2 is 1.90 bits per heavy atom. The maximum absolute atomic E-state index is 12.3. The maximum atomic E-state index is 12.3. The van der Waals surface area contributed by atoms with Crippen LogP contribution >= 0.6 is 11.6 Å². The third-order valence-electron chi connectivity index (χ3n) is 4.19. The van der Waals surface area contributed by atoms with Crippen LogP contribution in [0.15, 0.2) is 58.6 Å². The number of nitriles is 1. The van der Waals surface area contributed by atoms with Crippen LogP contribution in [0.3, 0.4) is 0 Å². The van der Waals surface area contributed by atoms with Crippen LogP contribution in [0.1, 0.15) is 16.9 Å². The lowest BCUT2D eigenvalue weighted by Gasteiger charge is -2.11. The minimum Gasteiger partial charge on any atom is -0.490 e. The van der Waals surface area contributed by atoms with Crippen molar-refractivity contribution in [1.29, 1.82) is 5.26 Å². The number of carbonyl (C=O) groups excluding carboxylic acids is 1. The molecule has 158 valence electrons. The number of carbonyl (C=O) groups is 1. The molecule has 0 radical (unpaired) electrons. The Morgan fingerprint density at radius 3 is 2.55 bits per heavy atom. The number of hydrogen-bond donors (Lipinski definition) is 1. The van der Waals surface area contributed by atoms with Crippen molar-refractivity contribution in [2.75, 3.05) is 18.5 Å². The maximum Gasteiger partial charge on any atom is 0.267 e. The predicted octanol–water partition coefficient (Wildman–Crippen LogP) is 4.95. The van der Waals surface area contributed by atoms with E-state index in [2.05, 4.69) is 10.5 Å². The normalized spacial score (nSPS) is 11.0. The van der Waals surface area contributed by atoms with Crippen molar-refractivity contribution in [3.05, 3.63) is 76.0 Å². The van der Waals surface area contributed by atoms with Crippen molar-refractivity contribution in [3.63, 3.8) is 0 Å². The number of anilines is 1. The second kappa shape index (κ2) is 10.3. The van der Waals surface area contributed by atoms with Crippen molar-refractivity contribution in [2.24, 2.45) is 0 Å². The number of para-hydroxylation sites is 1. The number of benzene rings is 2. The Labute approximate surface area is 184 Å². The van der Waals surface area contributed by atoms with E-state index in [1.54, 1.807) is 31.2 Å². The lowest BCUT2D eigenvalue weighted by Crippen LogP contribution is -2.13. The number of hydrogen-bond acceptors (Lipinski definition) is 6. The molecule has 31 heavy (non-hydrogen) atoms. The van der Waals surface area contributed by atoms with Gasteiger partial charge in [-0.1, -0.05) is 41.0 Å². The van der Waals surface area contributed by atoms with Gasteiger partial charge in [-0.3, -0.25) is 4.79 Å². The topological polar surface area (TPSA) is 97.4 Å². The number of ether oxygens (including phenoxy) is 2. The summed E-state index contributed by atoms with van der Waals surface area (Å²) < 4.78 is 16.3. The average Bonchev–Trinajstić information content (AvgIpc) is 3.16. The lowest BCUT2D eigenvalue weighted by atomic mass is 10.1. The van der Waals surface area contributed by atoms with Gasteiger partial charge in [0.1, 0.15) is 42.1 Å². The number of nitrogens with one attached hydrogen (secondary N) is 1. The van der Waals surface area contributed by atoms with Gasteiger partial charge < -0.3 is 19.3 Å². The second-order valence-corrected chi connectivity index (χ2v) is 7.01. The van der Waals surface area contributed by atoms with Crippen LogP contribution in [0.5, 0.6) is 11.5 Å². The Balaban J connectivity index is 1.59. The van der Waals surface area contributed by atoms with Crippen LogP contribution in [0.4, 0.5) is 5.82 Å². The molecule has 0 aliphatic carbocycles. The molecule has 3 aromatic rings. The van der Waals surface area contributed by atoms with Crippen LogP contribution in [0.25, 0.3) is 6.08 Å². The molecule has 1 amide bonds. The van der Waals surface area contributed by atoms with Gasteiger partial charge in [0.25, 0.3) is 5.91 Å². The molecule has 2 aromatic carbocycles. The highest BCUT2D eigenvalue weighted by Crippen LogP contribution is 2.27. The molecule has 0 spiro atoms. The van der Waals surface area contributed by atoms with Gasteiger partial charge in [0.2, 0.25) is 0 Å². The van der Waals surface area contributed by atoms with E-state index in [0.717, 1.165) is 11.3 Å². The van der Waals surface area contributed by atoms with Gasteiger partial charge in [0, 0.05) is 6.07 Å². The zero-order valence-electron chi connectivity index (χ0n) is 17.0. The summed E-state index contributed by atoms with van der Waals surface area (Å²) in [4.78, 5) is 12.3. The number of amides is 1. The molecule has 0 saturated carbocycles. The molecule has 0 saturated heterocycles. The zero-order chi connectivity index (χ0) is 22.2. The molecule has 1 aromatic heterocycles. The van der Waals surface area contributed by atoms with E-state index in [9.17, 15) is 10.1 Å². The molecule has 7 nitrogen and oxygen atoms in total.